The van der Waals surface area contributed by atoms with Gasteiger partial charge in [0.1, 0.15) is 10.4 Å². The predicted molar refractivity (Wildman–Crippen MR) is 126 cm³/mol. The third-order valence-corrected chi connectivity index (χ3v) is 6.75. The molecule has 3 aromatic heterocycles. The number of hydrogen-bond donors (Lipinski definition) is 1. The summed E-state index contributed by atoms with van der Waals surface area (Å²) in [6.07, 6.45) is 4.18. The van der Waals surface area contributed by atoms with Gasteiger partial charge in [-0.25, -0.2) is 9.67 Å². The van der Waals surface area contributed by atoms with Crippen molar-refractivity contribution in [1.29, 1.82) is 0 Å². The van der Waals surface area contributed by atoms with Crippen LogP contribution in [0.4, 0.5) is 0 Å². The number of nitrogens with zero attached hydrogens (tertiary/aromatic N) is 4. The molecule has 0 saturated heterocycles. The monoisotopic (exact) mass is 433 g/mol. The summed E-state index contributed by atoms with van der Waals surface area (Å²) in [6, 6.07) is 17.8. The van der Waals surface area contributed by atoms with E-state index in [1.54, 1.807) is 17.1 Å². The molecule has 4 rings (SSSR count). The van der Waals surface area contributed by atoms with Gasteiger partial charge in [-0.15, -0.1) is 4.72 Å². The van der Waals surface area contributed by atoms with E-state index in [-0.39, 0.29) is 10.8 Å². The summed E-state index contributed by atoms with van der Waals surface area (Å²) in [5.41, 5.74) is 4.68. The Morgan fingerprint density at radius 1 is 1.00 bits per heavy atom. The maximum absolute atomic E-state index is 13.1. The summed E-state index contributed by atoms with van der Waals surface area (Å²) in [7, 11) is 1.90. The van der Waals surface area contributed by atoms with Crippen LogP contribution in [0.25, 0.3) is 22.3 Å². The number of fused-ring (bicyclic) bond motifs is 1. The molecule has 4 aromatic rings. The average Bonchev–Trinajstić information content (AvgIpc) is 3.10. The fourth-order valence-corrected chi connectivity index (χ4v) is 4.38. The minimum Gasteiger partial charge on any atom is -0.598 e. The zero-order valence-electron chi connectivity index (χ0n) is 18.2. The predicted octanol–water partition coefficient (Wildman–Crippen LogP) is 4.37. The van der Waals surface area contributed by atoms with Gasteiger partial charge in [-0.2, -0.15) is 5.10 Å². The van der Waals surface area contributed by atoms with Gasteiger partial charge < -0.3 is 4.55 Å². The molecule has 7 heteroatoms. The van der Waals surface area contributed by atoms with Gasteiger partial charge in [0.2, 0.25) is 0 Å². The van der Waals surface area contributed by atoms with E-state index in [1.165, 1.54) is 0 Å². The number of rotatable bonds is 6. The second-order valence-corrected chi connectivity index (χ2v) is 10.5. The highest BCUT2D eigenvalue weighted by molar-refractivity contribution is 7.90. The summed E-state index contributed by atoms with van der Waals surface area (Å²) in [6.45, 7) is 5.91. The zero-order valence-corrected chi connectivity index (χ0v) is 19.1. The van der Waals surface area contributed by atoms with E-state index >= 15 is 0 Å². The molecule has 6 nitrogen and oxygen atoms in total. The minimum atomic E-state index is -1.24. The van der Waals surface area contributed by atoms with Gasteiger partial charge in [0.05, 0.1) is 6.04 Å². The number of pyridine rings is 2. The van der Waals surface area contributed by atoms with Crippen LogP contribution in [-0.2, 0) is 24.8 Å². The van der Waals surface area contributed by atoms with Crippen molar-refractivity contribution >= 4 is 22.4 Å². The molecule has 31 heavy (non-hydrogen) atoms. The summed E-state index contributed by atoms with van der Waals surface area (Å²) in [5, 5.41) is 5.76. The summed E-state index contributed by atoms with van der Waals surface area (Å²) >= 11 is -1.24. The van der Waals surface area contributed by atoms with Crippen LogP contribution < -0.4 is 4.72 Å². The number of aromatic nitrogens is 4. The molecular formula is C24H27N5OS. The first kappa shape index (κ1) is 21.5. The Morgan fingerprint density at radius 3 is 2.48 bits per heavy atom. The van der Waals surface area contributed by atoms with E-state index in [2.05, 4.69) is 26.8 Å². The van der Waals surface area contributed by atoms with Crippen molar-refractivity contribution in [3.63, 3.8) is 0 Å². The van der Waals surface area contributed by atoms with Crippen molar-refractivity contribution in [2.24, 2.45) is 7.05 Å². The van der Waals surface area contributed by atoms with E-state index in [1.807, 2.05) is 70.3 Å². The Kier molecular flexibility index (Phi) is 6.09. The van der Waals surface area contributed by atoms with Crippen LogP contribution in [0.1, 0.15) is 38.1 Å². The fraction of sp³-hybridized carbons (Fsp3) is 0.292. The van der Waals surface area contributed by atoms with Crippen LogP contribution >= 0.6 is 0 Å². The highest BCUT2D eigenvalue weighted by atomic mass is 32.2. The highest BCUT2D eigenvalue weighted by Gasteiger charge is 2.31. The van der Waals surface area contributed by atoms with Gasteiger partial charge in [-0.3, -0.25) is 4.98 Å². The third-order valence-electron chi connectivity index (χ3n) is 5.13. The number of hydrogen-bond acceptors (Lipinski definition) is 5. The average molecular weight is 434 g/mol. The number of nitrogens with one attached hydrogen (secondary N) is 1. The van der Waals surface area contributed by atoms with Gasteiger partial charge in [-0.1, -0.05) is 30.3 Å². The maximum Gasteiger partial charge on any atom is 0.158 e. The number of benzene rings is 1. The first-order valence-corrected chi connectivity index (χ1v) is 11.4. The van der Waals surface area contributed by atoms with Crippen LogP contribution in [0.5, 0.6) is 0 Å². The van der Waals surface area contributed by atoms with Crippen LogP contribution in [0, 0.1) is 0 Å². The Balaban J connectivity index is 1.82. The minimum absolute atomic E-state index is 0.195. The highest BCUT2D eigenvalue weighted by Crippen LogP contribution is 2.34. The molecule has 160 valence electrons. The van der Waals surface area contributed by atoms with Gasteiger partial charge in [0.15, 0.2) is 5.65 Å². The standard InChI is InChI=1S/C24H27N5OS/c1-24(2,3)31(30)28-21(16-17-10-7-8-14-25-17)18-11-5-6-12-19(18)22-20-13-9-15-26-23(20)29(4)27-22/h5-15,21,28H,16H2,1-4H3/t21-,31?/m0/s1. The molecule has 0 amide bonds. The van der Waals surface area contributed by atoms with Gasteiger partial charge in [0, 0.05) is 53.9 Å². The molecule has 0 spiro atoms. The van der Waals surface area contributed by atoms with Crippen LogP contribution in [0.3, 0.4) is 0 Å². The topological polar surface area (TPSA) is 78.7 Å². The lowest BCUT2D eigenvalue weighted by Gasteiger charge is -2.29. The molecule has 0 aliphatic rings. The van der Waals surface area contributed by atoms with Gasteiger partial charge >= 0.3 is 0 Å². The smallest absolute Gasteiger partial charge is 0.158 e. The molecule has 1 N–H and O–H groups in total. The Bertz CT molecular complexity index is 1170. The lowest BCUT2D eigenvalue weighted by atomic mass is 9.94. The molecule has 0 aliphatic carbocycles. The van der Waals surface area contributed by atoms with E-state index in [9.17, 15) is 4.55 Å². The van der Waals surface area contributed by atoms with Crippen LogP contribution in [-0.4, -0.2) is 29.0 Å². The van der Waals surface area contributed by atoms with Crippen molar-refractivity contribution in [3.8, 4) is 11.3 Å². The molecule has 0 saturated carbocycles. The van der Waals surface area contributed by atoms with E-state index in [4.69, 9.17) is 5.10 Å². The second kappa shape index (κ2) is 8.78. The molecule has 1 aromatic carbocycles. The molecule has 0 fully saturated rings. The Labute approximate surface area is 186 Å². The van der Waals surface area contributed by atoms with E-state index in [0.717, 1.165) is 33.5 Å². The van der Waals surface area contributed by atoms with Gasteiger partial charge in [-0.05, 0) is 50.6 Å². The van der Waals surface area contributed by atoms with Crippen molar-refractivity contribution in [1.82, 2.24) is 24.5 Å². The van der Waals surface area contributed by atoms with Crippen LogP contribution in [0.15, 0.2) is 67.0 Å². The summed E-state index contributed by atoms with van der Waals surface area (Å²) in [5.74, 6) is 0. The molecule has 0 radical (unpaired) electrons. The lowest BCUT2D eigenvalue weighted by Crippen LogP contribution is -2.42. The lowest BCUT2D eigenvalue weighted by molar-refractivity contribution is 0.521. The molecule has 0 bridgehead atoms. The third kappa shape index (κ3) is 4.63. The molecular weight excluding hydrogens is 406 g/mol. The summed E-state index contributed by atoms with van der Waals surface area (Å²) < 4.78 is 17.8. The van der Waals surface area contributed by atoms with Crippen LogP contribution in [0.2, 0.25) is 0 Å². The Hall–Kier alpha value is -2.74. The molecule has 0 aliphatic heterocycles. The largest absolute Gasteiger partial charge is 0.598 e. The molecule has 2 atom stereocenters. The second-order valence-electron chi connectivity index (χ2n) is 8.51. The van der Waals surface area contributed by atoms with E-state index in [0.29, 0.717) is 6.42 Å². The van der Waals surface area contributed by atoms with Gasteiger partial charge in [0.25, 0.3) is 0 Å². The Morgan fingerprint density at radius 2 is 1.74 bits per heavy atom. The normalized spacial score (nSPS) is 14.0. The first-order valence-electron chi connectivity index (χ1n) is 10.3. The summed E-state index contributed by atoms with van der Waals surface area (Å²) in [4.78, 5) is 8.98. The number of aryl methyl sites for hydroxylation is 1. The fourth-order valence-electron chi connectivity index (χ4n) is 3.56. The van der Waals surface area contributed by atoms with E-state index < -0.39 is 11.4 Å². The quantitative estimate of drug-likeness (QED) is 0.457. The maximum atomic E-state index is 13.1. The zero-order chi connectivity index (χ0) is 22.0. The van der Waals surface area contributed by atoms with Crippen molar-refractivity contribution in [2.45, 2.75) is 38.0 Å². The SMILES string of the molecule is Cn1nc(-c2ccccc2[C@H](Cc2ccccn2)N[S+]([O-])C(C)(C)C)c2cccnc21. The molecule has 3 heterocycles. The molecule has 1 unspecified atom stereocenters. The van der Waals surface area contributed by atoms with Crippen molar-refractivity contribution in [2.75, 3.05) is 0 Å². The van der Waals surface area contributed by atoms with Crippen molar-refractivity contribution in [3.05, 3.63) is 78.2 Å². The van der Waals surface area contributed by atoms with Crippen molar-refractivity contribution < 1.29 is 4.55 Å². The first-order chi connectivity index (χ1) is 14.8.